The Labute approximate surface area is 118 Å². The van der Waals surface area contributed by atoms with Crippen molar-refractivity contribution in [2.45, 2.75) is 13.5 Å². The van der Waals surface area contributed by atoms with E-state index in [2.05, 4.69) is 10.6 Å². The summed E-state index contributed by atoms with van der Waals surface area (Å²) < 4.78 is 0. The van der Waals surface area contributed by atoms with Gasteiger partial charge < -0.3 is 15.7 Å². The normalized spacial score (nSPS) is 10.0. The molecular weight excluding hydrogens is 256 g/mol. The molecule has 2 rings (SSSR count). The zero-order valence-corrected chi connectivity index (χ0v) is 11.5. The molecule has 0 saturated heterocycles. The second-order valence-corrected chi connectivity index (χ2v) is 4.62. The fraction of sp³-hybridized carbons (Fsp3) is 0.133. The first-order valence-electron chi connectivity index (χ1n) is 6.03. The van der Waals surface area contributed by atoms with Gasteiger partial charge in [0.2, 0.25) is 0 Å². The number of nitrogens with one attached hydrogen (secondary N) is 2. The fourth-order valence-corrected chi connectivity index (χ4v) is 1.99. The van der Waals surface area contributed by atoms with Crippen LogP contribution in [0.4, 0.5) is 11.4 Å². The second-order valence-electron chi connectivity index (χ2n) is 4.21. The molecule has 3 nitrogen and oxygen atoms in total. The zero-order valence-electron chi connectivity index (χ0n) is 10.7. The topological polar surface area (TPSA) is 44.3 Å². The zero-order chi connectivity index (χ0) is 13.7. The number of hydrogen-bond donors (Lipinski definition) is 3. The van der Waals surface area contributed by atoms with Crippen molar-refractivity contribution in [2.75, 3.05) is 10.6 Å². The van der Waals surface area contributed by atoms with Crippen molar-refractivity contribution < 1.29 is 5.11 Å². The molecule has 0 radical (unpaired) electrons. The quantitative estimate of drug-likeness (QED) is 0.750. The molecule has 4 heteroatoms. The van der Waals surface area contributed by atoms with Crippen molar-refractivity contribution in [1.29, 1.82) is 0 Å². The van der Waals surface area contributed by atoms with E-state index in [9.17, 15) is 5.11 Å². The van der Waals surface area contributed by atoms with Gasteiger partial charge in [-0.3, -0.25) is 0 Å². The van der Waals surface area contributed by atoms with E-state index in [-0.39, 0.29) is 6.61 Å². The van der Waals surface area contributed by atoms with Crippen LogP contribution in [0.15, 0.2) is 48.5 Å². The highest BCUT2D eigenvalue weighted by atomic mass is 32.1. The monoisotopic (exact) mass is 272 g/mol. The third-order valence-electron chi connectivity index (χ3n) is 2.83. The van der Waals surface area contributed by atoms with Crippen LogP contribution in [0.2, 0.25) is 0 Å². The number of benzene rings is 2. The molecule has 0 fully saturated rings. The van der Waals surface area contributed by atoms with Crippen LogP contribution < -0.4 is 10.6 Å². The van der Waals surface area contributed by atoms with Gasteiger partial charge in [0.15, 0.2) is 5.11 Å². The molecule has 0 aliphatic rings. The van der Waals surface area contributed by atoms with E-state index in [0.29, 0.717) is 5.11 Å². The Hall–Kier alpha value is -1.91. The van der Waals surface area contributed by atoms with E-state index < -0.39 is 0 Å². The molecule has 0 unspecified atom stereocenters. The summed E-state index contributed by atoms with van der Waals surface area (Å²) in [6, 6.07) is 15.5. The highest BCUT2D eigenvalue weighted by Gasteiger charge is 2.04. The van der Waals surface area contributed by atoms with Gasteiger partial charge in [0.05, 0.1) is 6.61 Å². The van der Waals surface area contributed by atoms with Gasteiger partial charge in [0.25, 0.3) is 0 Å². The maximum Gasteiger partial charge on any atom is 0.175 e. The van der Waals surface area contributed by atoms with Crippen molar-refractivity contribution >= 4 is 28.7 Å². The lowest BCUT2D eigenvalue weighted by Crippen LogP contribution is -2.20. The van der Waals surface area contributed by atoms with Crippen molar-refractivity contribution in [2.24, 2.45) is 0 Å². The van der Waals surface area contributed by atoms with Gasteiger partial charge in [-0.1, -0.05) is 36.4 Å². The predicted molar refractivity (Wildman–Crippen MR) is 83.4 cm³/mol. The standard InChI is InChI=1S/C15H16N2OS/c1-11-6-2-4-8-13(11)16-15(19)17-14-9-5-3-7-12(14)10-18/h2-9,18H,10H2,1H3,(H2,16,17,19). The summed E-state index contributed by atoms with van der Waals surface area (Å²) in [6.45, 7) is 2.00. The van der Waals surface area contributed by atoms with Crippen molar-refractivity contribution in [1.82, 2.24) is 0 Å². The number of anilines is 2. The maximum absolute atomic E-state index is 9.26. The Bertz CT molecular complexity index is 584. The van der Waals surface area contributed by atoms with Crippen LogP contribution in [-0.4, -0.2) is 10.2 Å². The molecule has 0 heterocycles. The number of thiocarbonyl (C=S) groups is 1. The average Bonchev–Trinajstić information content (AvgIpc) is 2.42. The van der Waals surface area contributed by atoms with Crippen molar-refractivity contribution in [3.8, 4) is 0 Å². The largest absolute Gasteiger partial charge is 0.392 e. The third-order valence-corrected chi connectivity index (χ3v) is 3.03. The molecule has 98 valence electrons. The van der Waals surface area contributed by atoms with E-state index in [1.54, 1.807) is 0 Å². The number of aryl methyl sites for hydroxylation is 1. The number of hydrogen-bond acceptors (Lipinski definition) is 2. The Balaban J connectivity index is 2.08. The average molecular weight is 272 g/mol. The molecule has 0 saturated carbocycles. The Kier molecular flexibility index (Phi) is 4.49. The third kappa shape index (κ3) is 3.53. The Morgan fingerprint density at radius 2 is 1.58 bits per heavy atom. The lowest BCUT2D eigenvalue weighted by atomic mass is 10.2. The smallest absolute Gasteiger partial charge is 0.175 e. The summed E-state index contributed by atoms with van der Waals surface area (Å²) in [6.07, 6.45) is 0. The highest BCUT2D eigenvalue weighted by molar-refractivity contribution is 7.80. The first kappa shape index (κ1) is 13.5. The van der Waals surface area contributed by atoms with Crippen LogP contribution in [0.1, 0.15) is 11.1 Å². The minimum absolute atomic E-state index is 0.0177. The second kappa shape index (κ2) is 6.31. The van der Waals surface area contributed by atoms with Gasteiger partial charge in [-0.05, 0) is 36.8 Å². The van der Waals surface area contributed by atoms with Crippen LogP contribution >= 0.6 is 12.2 Å². The van der Waals surface area contributed by atoms with Crippen molar-refractivity contribution in [3.63, 3.8) is 0 Å². The summed E-state index contributed by atoms with van der Waals surface area (Å²) in [5.74, 6) is 0. The SMILES string of the molecule is Cc1ccccc1NC(=S)Nc1ccccc1CO. The van der Waals surface area contributed by atoms with Crippen LogP contribution in [0.5, 0.6) is 0 Å². The lowest BCUT2D eigenvalue weighted by Gasteiger charge is -2.14. The van der Waals surface area contributed by atoms with E-state index >= 15 is 0 Å². The van der Waals surface area contributed by atoms with Gasteiger partial charge in [-0.25, -0.2) is 0 Å². The lowest BCUT2D eigenvalue weighted by molar-refractivity contribution is 0.282. The molecule has 2 aromatic rings. The summed E-state index contributed by atoms with van der Waals surface area (Å²) >= 11 is 5.28. The summed E-state index contributed by atoms with van der Waals surface area (Å²) in [5.41, 5.74) is 3.73. The number of aliphatic hydroxyl groups excluding tert-OH is 1. The van der Waals surface area contributed by atoms with E-state index in [1.165, 1.54) is 0 Å². The van der Waals surface area contributed by atoms with Crippen LogP contribution in [0, 0.1) is 6.92 Å². The number of rotatable bonds is 3. The fourth-order valence-electron chi connectivity index (χ4n) is 1.77. The molecule has 0 aromatic heterocycles. The number of para-hydroxylation sites is 2. The van der Waals surface area contributed by atoms with E-state index in [1.807, 2.05) is 55.5 Å². The Morgan fingerprint density at radius 3 is 2.26 bits per heavy atom. The number of aliphatic hydroxyl groups is 1. The molecule has 0 bridgehead atoms. The molecule has 3 N–H and O–H groups in total. The minimum atomic E-state index is -0.0177. The summed E-state index contributed by atoms with van der Waals surface area (Å²) in [7, 11) is 0. The van der Waals surface area contributed by atoms with Crippen LogP contribution in [-0.2, 0) is 6.61 Å². The molecular formula is C15H16N2OS. The minimum Gasteiger partial charge on any atom is -0.392 e. The van der Waals surface area contributed by atoms with Crippen LogP contribution in [0.3, 0.4) is 0 Å². The van der Waals surface area contributed by atoms with Gasteiger partial charge in [-0.2, -0.15) is 0 Å². The van der Waals surface area contributed by atoms with E-state index in [4.69, 9.17) is 12.2 Å². The van der Waals surface area contributed by atoms with Gasteiger partial charge in [0.1, 0.15) is 0 Å². The molecule has 19 heavy (non-hydrogen) atoms. The predicted octanol–water partition coefficient (Wildman–Crippen LogP) is 3.30. The first-order valence-corrected chi connectivity index (χ1v) is 6.44. The van der Waals surface area contributed by atoms with Gasteiger partial charge in [0, 0.05) is 16.9 Å². The first-order chi connectivity index (χ1) is 9.20. The molecule has 2 aromatic carbocycles. The van der Waals surface area contributed by atoms with Gasteiger partial charge >= 0.3 is 0 Å². The highest BCUT2D eigenvalue weighted by Crippen LogP contribution is 2.17. The van der Waals surface area contributed by atoms with Gasteiger partial charge in [-0.15, -0.1) is 0 Å². The molecule has 0 spiro atoms. The van der Waals surface area contributed by atoms with E-state index in [0.717, 1.165) is 22.5 Å². The summed E-state index contributed by atoms with van der Waals surface area (Å²) in [4.78, 5) is 0. The molecule has 0 atom stereocenters. The molecule has 0 aliphatic heterocycles. The Morgan fingerprint density at radius 1 is 1.00 bits per heavy atom. The van der Waals surface area contributed by atoms with Crippen molar-refractivity contribution in [3.05, 3.63) is 59.7 Å². The maximum atomic E-state index is 9.26. The van der Waals surface area contributed by atoms with Crippen LogP contribution in [0.25, 0.3) is 0 Å². The molecule has 0 amide bonds. The summed E-state index contributed by atoms with van der Waals surface area (Å²) in [5, 5.41) is 16.0. The molecule has 0 aliphatic carbocycles.